The van der Waals surface area contributed by atoms with Crippen LogP contribution in [0.5, 0.6) is 0 Å². The first-order valence-corrected chi connectivity index (χ1v) is 8.10. The molecule has 0 aliphatic carbocycles. The summed E-state index contributed by atoms with van der Waals surface area (Å²) in [5.74, 6) is 1.02. The topological polar surface area (TPSA) is 58.4 Å². The Balaban J connectivity index is 1.97. The zero-order chi connectivity index (χ0) is 14.7. The summed E-state index contributed by atoms with van der Waals surface area (Å²) in [5.41, 5.74) is 6.93. The van der Waals surface area contributed by atoms with E-state index >= 15 is 0 Å². The maximum absolute atomic E-state index is 12.1. The minimum absolute atomic E-state index is 0.0510. The number of nitrogens with zero attached hydrogens (tertiary/aromatic N) is 1. The number of hydrogen-bond donors (Lipinski definition) is 2. The molecule has 1 amide bonds. The Morgan fingerprint density at radius 3 is 3.05 bits per heavy atom. The fourth-order valence-electron chi connectivity index (χ4n) is 2.23. The van der Waals surface area contributed by atoms with Gasteiger partial charge in [0.05, 0.1) is 17.9 Å². The van der Waals surface area contributed by atoms with Crippen LogP contribution in [-0.2, 0) is 4.79 Å². The fraction of sp³-hybridized carbons (Fsp3) is 0.500. The highest BCUT2D eigenvalue weighted by molar-refractivity contribution is 8.00. The first-order valence-electron chi connectivity index (χ1n) is 6.68. The van der Waals surface area contributed by atoms with Crippen LogP contribution in [0.3, 0.4) is 0 Å². The Kier molecular flexibility index (Phi) is 5.18. The summed E-state index contributed by atoms with van der Waals surface area (Å²) in [7, 11) is 0. The number of amides is 1. The van der Waals surface area contributed by atoms with Gasteiger partial charge in [-0.3, -0.25) is 9.69 Å². The predicted molar refractivity (Wildman–Crippen MR) is 87.4 cm³/mol. The molecular weight excluding hydrogens is 294 g/mol. The van der Waals surface area contributed by atoms with Crippen molar-refractivity contribution in [3.05, 3.63) is 23.2 Å². The first-order chi connectivity index (χ1) is 9.47. The van der Waals surface area contributed by atoms with Crippen LogP contribution in [0, 0.1) is 0 Å². The molecule has 1 saturated heterocycles. The smallest absolute Gasteiger partial charge is 0.238 e. The molecule has 0 bridgehead atoms. The second-order valence-electron chi connectivity index (χ2n) is 5.07. The lowest BCUT2D eigenvalue weighted by Crippen LogP contribution is -2.47. The van der Waals surface area contributed by atoms with E-state index in [0.29, 0.717) is 34.2 Å². The molecule has 3 N–H and O–H groups in total. The average Bonchev–Trinajstić information content (AvgIpc) is 2.39. The van der Waals surface area contributed by atoms with Crippen LogP contribution in [0.4, 0.5) is 11.4 Å². The van der Waals surface area contributed by atoms with Gasteiger partial charge in [-0.25, -0.2) is 0 Å². The molecule has 2 unspecified atom stereocenters. The molecule has 20 heavy (non-hydrogen) atoms. The SMILES string of the molecule is CC1SCCN(CC(=O)Nc2cc(Cl)ccc2N)C1C. The Hall–Kier alpha value is -0.910. The summed E-state index contributed by atoms with van der Waals surface area (Å²) < 4.78 is 0. The van der Waals surface area contributed by atoms with E-state index < -0.39 is 0 Å². The van der Waals surface area contributed by atoms with Gasteiger partial charge in [0.15, 0.2) is 0 Å². The van der Waals surface area contributed by atoms with Gasteiger partial charge in [-0.15, -0.1) is 0 Å². The molecule has 2 rings (SSSR count). The zero-order valence-electron chi connectivity index (χ0n) is 11.7. The molecule has 1 aromatic rings. The van der Waals surface area contributed by atoms with Crippen LogP contribution >= 0.6 is 23.4 Å². The number of nitrogens with one attached hydrogen (secondary N) is 1. The molecule has 0 radical (unpaired) electrons. The molecule has 0 saturated carbocycles. The molecular formula is C14H20ClN3OS. The van der Waals surface area contributed by atoms with Crippen LogP contribution < -0.4 is 11.1 Å². The average molecular weight is 314 g/mol. The van der Waals surface area contributed by atoms with E-state index in [1.807, 2.05) is 11.8 Å². The maximum atomic E-state index is 12.1. The molecule has 0 spiro atoms. The highest BCUT2D eigenvalue weighted by Crippen LogP contribution is 2.25. The van der Waals surface area contributed by atoms with Crippen molar-refractivity contribution in [3.63, 3.8) is 0 Å². The molecule has 1 aliphatic rings. The Bertz CT molecular complexity index is 497. The van der Waals surface area contributed by atoms with Gasteiger partial charge in [-0.2, -0.15) is 11.8 Å². The molecule has 4 nitrogen and oxygen atoms in total. The number of nitrogen functional groups attached to an aromatic ring is 1. The third kappa shape index (κ3) is 3.81. The summed E-state index contributed by atoms with van der Waals surface area (Å²) in [5, 5.41) is 3.95. The lowest BCUT2D eigenvalue weighted by Gasteiger charge is -2.36. The van der Waals surface area contributed by atoms with E-state index in [1.54, 1.807) is 18.2 Å². The molecule has 1 aromatic carbocycles. The molecule has 6 heteroatoms. The van der Waals surface area contributed by atoms with Crippen molar-refractivity contribution >= 4 is 40.6 Å². The second-order valence-corrected chi connectivity index (χ2v) is 6.99. The normalized spacial score (nSPS) is 23.6. The van der Waals surface area contributed by atoms with Crippen molar-refractivity contribution in [1.29, 1.82) is 0 Å². The van der Waals surface area contributed by atoms with Crippen LogP contribution in [0.25, 0.3) is 0 Å². The Morgan fingerprint density at radius 2 is 2.30 bits per heavy atom. The van der Waals surface area contributed by atoms with Gasteiger partial charge in [0, 0.05) is 28.6 Å². The quantitative estimate of drug-likeness (QED) is 0.842. The van der Waals surface area contributed by atoms with Gasteiger partial charge in [0.2, 0.25) is 5.91 Å². The lowest BCUT2D eigenvalue weighted by molar-refractivity contribution is -0.117. The lowest BCUT2D eigenvalue weighted by atomic mass is 10.2. The second kappa shape index (κ2) is 6.70. The van der Waals surface area contributed by atoms with Gasteiger partial charge >= 0.3 is 0 Å². The number of nitrogens with two attached hydrogens (primary N) is 1. The molecule has 1 aliphatic heterocycles. The van der Waals surface area contributed by atoms with Gasteiger partial charge in [0.25, 0.3) is 0 Å². The van der Waals surface area contributed by atoms with Crippen molar-refractivity contribution in [3.8, 4) is 0 Å². The predicted octanol–water partition coefficient (Wildman–Crippen LogP) is 2.69. The highest BCUT2D eigenvalue weighted by atomic mass is 35.5. The van der Waals surface area contributed by atoms with Crippen molar-refractivity contribution in [2.45, 2.75) is 25.1 Å². The Labute approximate surface area is 129 Å². The maximum Gasteiger partial charge on any atom is 0.238 e. The van der Waals surface area contributed by atoms with E-state index in [4.69, 9.17) is 17.3 Å². The molecule has 1 fully saturated rings. The van der Waals surface area contributed by atoms with E-state index in [1.165, 1.54) is 0 Å². The molecule has 110 valence electrons. The summed E-state index contributed by atoms with van der Waals surface area (Å²) in [6.45, 7) is 5.69. The van der Waals surface area contributed by atoms with Gasteiger partial charge in [0.1, 0.15) is 0 Å². The first kappa shape index (κ1) is 15.5. The van der Waals surface area contributed by atoms with E-state index in [0.717, 1.165) is 12.3 Å². The number of carbonyl (C=O) groups excluding carboxylic acids is 1. The fourth-order valence-corrected chi connectivity index (χ4v) is 3.56. The number of halogens is 1. The number of anilines is 2. The number of rotatable bonds is 3. The largest absolute Gasteiger partial charge is 0.397 e. The van der Waals surface area contributed by atoms with E-state index in [2.05, 4.69) is 24.1 Å². The van der Waals surface area contributed by atoms with Crippen LogP contribution in [0.2, 0.25) is 5.02 Å². The number of benzene rings is 1. The molecule has 0 aromatic heterocycles. The van der Waals surface area contributed by atoms with E-state index in [9.17, 15) is 4.79 Å². The van der Waals surface area contributed by atoms with E-state index in [-0.39, 0.29) is 5.91 Å². The number of carbonyl (C=O) groups is 1. The summed E-state index contributed by atoms with van der Waals surface area (Å²) >= 11 is 7.87. The van der Waals surface area contributed by atoms with Crippen LogP contribution in [0.1, 0.15) is 13.8 Å². The summed E-state index contributed by atoms with van der Waals surface area (Å²) in [4.78, 5) is 14.3. The van der Waals surface area contributed by atoms with Crippen LogP contribution in [0.15, 0.2) is 18.2 Å². The minimum atomic E-state index is -0.0510. The number of thioether (sulfide) groups is 1. The van der Waals surface area contributed by atoms with Crippen molar-refractivity contribution in [2.75, 3.05) is 29.9 Å². The van der Waals surface area contributed by atoms with Gasteiger partial charge in [-0.1, -0.05) is 18.5 Å². The summed E-state index contributed by atoms with van der Waals surface area (Å²) in [6.07, 6.45) is 0. The Morgan fingerprint density at radius 1 is 1.55 bits per heavy atom. The molecule has 1 heterocycles. The highest BCUT2D eigenvalue weighted by Gasteiger charge is 2.26. The van der Waals surface area contributed by atoms with Crippen molar-refractivity contribution in [1.82, 2.24) is 4.90 Å². The molecule has 2 atom stereocenters. The van der Waals surface area contributed by atoms with Crippen LogP contribution in [-0.4, -0.2) is 40.9 Å². The zero-order valence-corrected chi connectivity index (χ0v) is 13.3. The van der Waals surface area contributed by atoms with Crippen molar-refractivity contribution < 1.29 is 4.79 Å². The van der Waals surface area contributed by atoms with Crippen molar-refractivity contribution in [2.24, 2.45) is 0 Å². The standard InChI is InChI=1S/C14H20ClN3OS/c1-9-10(2)20-6-5-18(9)8-14(19)17-13-7-11(15)3-4-12(13)16/h3-4,7,9-10H,5-6,8,16H2,1-2H3,(H,17,19). The van der Waals surface area contributed by atoms with Gasteiger partial charge in [-0.05, 0) is 25.1 Å². The monoisotopic (exact) mass is 313 g/mol. The minimum Gasteiger partial charge on any atom is -0.397 e. The summed E-state index contributed by atoms with van der Waals surface area (Å²) in [6, 6.07) is 5.47. The third-order valence-electron chi connectivity index (χ3n) is 3.65. The third-order valence-corrected chi connectivity index (χ3v) is 5.22. The van der Waals surface area contributed by atoms with Gasteiger partial charge < -0.3 is 11.1 Å². The number of hydrogen-bond acceptors (Lipinski definition) is 4.